The Morgan fingerprint density at radius 2 is 1.60 bits per heavy atom. The molecule has 1 aromatic heterocycles. The van der Waals surface area contributed by atoms with Crippen molar-refractivity contribution < 1.29 is 0 Å². The van der Waals surface area contributed by atoms with E-state index < -0.39 is 0 Å². The highest BCUT2D eigenvalue weighted by Gasteiger charge is 2.22. The predicted octanol–water partition coefficient (Wildman–Crippen LogP) is 4.25. The van der Waals surface area contributed by atoms with Gasteiger partial charge in [-0.2, -0.15) is 0 Å². The van der Waals surface area contributed by atoms with Crippen molar-refractivity contribution in [3.8, 4) is 0 Å². The molecule has 1 aliphatic carbocycles. The fraction of sp³-hybridized carbons (Fsp3) is 0.714. The Morgan fingerprint density at radius 1 is 1.00 bits per heavy atom. The minimum absolute atomic E-state index is 0.752. The molecule has 84 valence electrons. The van der Waals surface area contributed by atoms with Gasteiger partial charge in [0.1, 0.15) is 0 Å². The van der Waals surface area contributed by atoms with Crippen LogP contribution in [0.2, 0.25) is 0 Å². The summed E-state index contributed by atoms with van der Waals surface area (Å²) in [6, 6.07) is 5.27. The van der Waals surface area contributed by atoms with Gasteiger partial charge in [0.2, 0.25) is 0 Å². The maximum absolute atomic E-state index is 2.57. The maximum Gasteiger partial charge on any atom is 0.0361 e. The van der Waals surface area contributed by atoms with E-state index >= 15 is 0 Å². The highest BCUT2D eigenvalue weighted by atomic mass is 15.0. The number of aromatic nitrogens is 1. The third-order valence-electron chi connectivity index (χ3n) is 3.97. The van der Waals surface area contributed by atoms with Crippen LogP contribution in [0.25, 0.3) is 0 Å². The summed E-state index contributed by atoms with van der Waals surface area (Å²) in [5, 5.41) is 0. The Labute approximate surface area is 93.5 Å². The average molecular weight is 205 g/mol. The molecule has 0 saturated heterocycles. The zero-order valence-corrected chi connectivity index (χ0v) is 10.3. The second-order valence-corrected chi connectivity index (χ2v) is 5.17. The van der Waals surface area contributed by atoms with Gasteiger partial charge in [0, 0.05) is 17.4 Å². The molecule has 0 N–H and O–H groups in total. The summed E-state index contributed by atoms with van der Waals surface area (Å²) in [7, 11) is 0. The van der Waals surface area contributed by atoms with Crippen LogP contribution in [0.15, 0.2) is 12.1 Å². The van der Waals surface area contributed by atoms with Crippen molar-refractivity contribution >= 4 is 0 Å². The minimum Gasteiger partial charge on any atom is -0.346 e. The van der Waals surface area contributed by atoms with Gasteiger partial charge in [0.05, 0.1) is 0 Å². The van der Waals surface area contributed by atoms with E-state index in [-0.39, 0.29) is 0 Å². The van der Waals surface area contributed by atoms with Gasteiger partial charge in [-0.3, -0.25) is 0 Å². The Kier molecular flexibility index (Phi) is 3.18. The normalized spacial score (nSPS) is 27.7. The van der Waals surface area contributed by atoms with E-state index in [0.717, 1.165) is 12.0 Å². The largest absolute Gasteiger partial charge is 0.346 e. The first kappa shape index (κ1) is 10.8. The van der Waals surface area contributed by atoms with Gasteiger partial charge < -0.3 is 4.57 Å². The van der Waals surface area contributed by atoms with E-state index in [9.17, 15) is 0 Å². The summed E-state index contributed by atoms with van der Waals surface area (Å²) >= 11 is 0. The molecule has 2 atom stereocenters. The third kappa shape index (κ3) is 2.11. The van der Waals surface area contributed by atoms with Crippen LogP contribution in [0.1, 0.15) is 56.5 Å². The standard InChI is InChI=1S/C14H23N/c1-11-7-5-4-6-8-14(11)15-12(2)9-10-13(15)3/h9-11,14H,4-8H2,1-3H3. The van der Waals surface area contributed by atoms with Gasteiger partial charge >= 0.3 is 0 Å². The average Bonchev–Trinajstić information content (AvgIpc) is 2.42. The molecule has 1 aliphatic rings. The molecule has 0 bridgehead atoms. The summed E-state index contributed by atoms with van der Waals surface area (Å²) < 4.78 is 2.57. The third-order valence-corrected chi connectivity index (χ3v) is 3.97. The predicted molar refractivity (Wildman–Crippen MR) is 65.2 cm³/mol. The molecule has 1 aromatic rings. The summed E-state index contributed by atoms with van der Waals surface area (Å²) in [4.78, 5) is 0. The highest BCUT2D eigenvalue weighted by molar-refractivity contribution is 5.15. The van der Waals surface area contributed by atoms with Crippen LogP contribution in [-0.4, -0.2) is 4.57 Å². The van der Waals surface area contributed by atoms with E-state index in [1.54, 1.807) is 0 Å². The van der Waals surface area contributed by atoms with Crippen LogP contribution in [-0.2, 0) is 0 Å². The van der Waals surface area contributed by atoms with Crippen LogP contribution in [0, 0.1) is 19.8 Å². The van der Waals surface area contributed by atoms with Gasteiger partial charge in [0.25, 0.3) is 0 Å². The van der Waals surface area contributed by atoms with Crippen molar-refractivity contribution in [3.05, 3.63) is 23.5 Å². The van der Waals surface area contributed by atoms with E-state index in [0.29, 0.717) is 0 Å². The summed E-state index contributed by atoms with van der Waals surface area (Å²) in [5.41, 5.74) is 2.87. The second kappa shape index (κ2) is 4.42. The molecule has 15 heavy (non-hydrogen) atoms. The molecule has 0 aromatic carbocycles. The molecule has 0 amide bonds. The Morgan fingerprint density at radius 3 is 2.27 bits per heavy atom. The molecule has 0 radical (unpaired) electrons. The number of aryl methyl sites for hydroxylation is 2. The highest BCUT2D eigenvalue weighted by Crippen LogP contribution is 2.34. The molecule has 1 heteroatoms. The number of rotatable bonds is 1. The van der Waals surface area contributed by atoms with Gasteiger partial charge in [-0.25, -0.2) is 0 Å². The van der Waals surface area contributed by atoms with E-state index in [1.165, 1.54) is 43.5 Å². The lowest BCUT2D eigenvalue weighted by Gasteiger charge is -2.26. The van der Waals surface area contributed by atoms with Crippen LogP contribution >= 0.6 is 0 Å². The lowest BCUT2D eigenvalue weighted by molar-refractivity contribution is 0.326. The zero-order valence-electron chi connectivity index (χ0n) is 10.3. The number of nitrogens with zero attached hydrogens (tertiary/aromatic N) is 1. The van der Waals surface area contributed by atoms with Crippen molar-refractivity contribution in [1.82, 2.24) is 4.57 Å². The van der Waals surface area contributed by atoms with Crippen molar-refractivity contribution in [2.75, 3.05) is 0 Å². The fourth-order valence-corrected chi connectivity index (χ4v) is 3.06. The van der Waals surface area contributed by atoms with Gasteiger partial charge in [0.15, 0.2) is 0 Å². The van der Waals surface area contributed by atoms with Crippen LogP contribution in [0.3, 0.4) is 0 Å². The molecule has 1 fully saturated rings. The maximum atomic E-state index is 2.57. The Hall–Kier alpha value is -0.720. The van der Waals surface area contributed by atoms with Crippen LogP contribution < -0.4 is 0 Å². The van der Waals surface area contributed by atoms with Gasteiger partial charge in [-0.05, 0) is 44.7 Å². The molecule has 0 spiro atoms. The van der Waals surface area contributed by atoms with Gasteiger partial charge in [-0.15, -0.1) is 0 Å². The minimum atomic E-state index is 0.752. The number of hydrogen-bond acceptors (Lipinski definition) is 0. The SMILES string of the molecule is Cc1ccc(C)n1C1CCCCCC1C. The van der Waals surface area contributed by atoms with Crippen LogP contribution in [0.4, 0.5) is 0 Å². The zero-order chi connectivity index (χ0) is 10.8. The first-order valence-electron chi connectivity index (χ1n) is 6.34. The lowest BCUT2D eigenvalue weighted by atomic mass is 9.96. The van der Waals surface area contributed by atoms with Crippen molar-refractivity contribution in [1.29, 1.82) is 0 Å². The molecule has 1 saturated carbocycles. The lowest BCUT2D eigenvalue weighted by Crippen LogP contribution is -2.18. The van der Waals surface area contributed by atoms with E-state index in [1.807, 2.05) is 0 Å². The van der Waals surface area contributed by atoms with Crippen molar-refractivity contribution in [3.63, 3.8) is 0 Å². The molecule has 1 heterocycles. The second-order valence-electron chi connectivity index (χ2n) is 5.17. The summed E-state index contributed by atoms with van der Waals surface area (Å²) in [6.07, 6.45) is 7.04. The number of hydrogen-bond donors (Lipinski definition) is 0. The van der Waals surface area contributed by atoms with E-state index in [4.69, 9.17) is 0 Å². The van der Waals surface area contributed by atoms with E-state index in [2.05, 4.69) is 37.5 Å². The summed E-state index contributed by atoms with van der Waals surface area (Å²) in [6.45, 7) is 6.91. The first-order valence-corrected chi connectivity index (χ1v) is 6.34. The molecule has 2 rings (SSSR count). The van der Waals surface area contributed by atoms with Crippen LogP contribution in [0.5, 0.6) is 0 Å². The molecular formula is C14H23N. The molecule has 0 aliphatic heterocycles. The molecular weight excluding hydrogens is 182 g/mol. The monoisotopic (exact) mass is 205 g/mol. The summed E-state index contributed by atoms with van der Waals surface area (Å²) in [5.74, 6) is 0.845. The Bertz CT molecular complexity index is 305. The topological polar surface area (TPSA) is 4.93 Å². The quantitative estimate of drug-likeness (QED) is 0.604. The Balaban J connectivity index is 2.27. The molecule has 2 unspecified atom stereocenters. The van der Waals surface area contributed by atoms with Crippen molar-refractivity contribution in [2.24, 2.45) is 5.92 Å². The smallest absolute Gasteiger partial charge is 0.0361 e. The van der Waals surface area contributed by atoms with Crippen molar-refractivity contribution in [2.45, 2.75) is 58.9 Å². The first-order chi connectivity index (χ1) is 7.20. The fourth-order valence-electron chi connectivity index (χ4n) is 3.06. The van der Waals surface area contributed by atoms with Gasteiger partial charge in [-0.1, -0.05) is 26.2 Å². The molecule has 1 nitrogen and oxygen atoms in total.